The van der Waals surface area contributed by atoms with E-state index in [-0.39, 0.29) is 22.1 Å². The molecule has 1 aromatic carbocycles. The average Bonchev–Trinajstić information content (AvgIpc) is 3.30. The lowest BCUT2D eigenvalue weighted by Crippen LogP contribution is -2.52. The summed E-state index contributed by atoms with van der Waals surface area (Å²) >= 11 is 1.49. The number of thiophene rings is 1. The van der Waals surface area contributed by atoms with Crippen LogP contribution in [-0.4, -0.2) is 31.5 Å². The largest absolute Gasteiger partial charge is 0.508 e. The minimum atomic E-state index is -4.98. The van der Waals surface area contributed by atoms with Crippen LogP contribution in [0.3, 0.4) is 0 Å². The van der Waals surface area contributed by atoms with Crippen molar-refractivity contribution in [2.45, 2.75) is 44.0 Å². The van der Waals surface area contributed by atoms with E-state index >= 15 is 0 Å². The molecule has 2 N–H and O–H groups in total. The van der Waals surface area contributed by atoms with Gasteiger partial charge in [-0.1, -0.05) is 19.9 Å². The quantitative estimate of drug-likeness (QED) is 0.376. The van der Waals surface area contributed by atoms with E-state index in [4.69, 9.17) is 0 Å². The standard InChI is InChI=1S/C25H23F3N2O3S/c1-23(2,19-11-16(3-4-22(19)32)17-7-10-34-13-17)14-24(33,25(26,27)28)15-30-9-6-21(31)18-12-29-8-5-20(18)30/h3-13,32-33H,14-15H2,1-2H3. The maximum Gasteiger partial charge on any atom is 0.418 e. The molecule has 3 heterocycles. The summed E-state index contributed by atoms with van der Waals surface area (Å²) < 4.78 is 44.2. The van der Waals surface area contributed by atoms with Gasteiger partial charge in [0.05, 0.1) is 17.4 Å². The Morgan fingerprint density at radius 2 is 1.85 bits per heavy atom. The zero-order chi connectivity index (χ0) is 24.7. The molecule has 4 rings (SSSR count). The molecule has 0 fully saturated rings. The molecule has 3 aromatic heterocycles. The number of aliphatic hydroxyl groups is 1. The number of aromatic hydroxyl groups is 1. The van der Waals surface area contributed by atoms with E-state index in [2.05, 4.69) is 4.98 Å². The first kappa shape index (κ1) is 24.0. The predicted molar refractivity (Wildman–Crippen MR) is 126 cm³/mol. The van der Waals surface area contributed by atoms with Gasteiger partial charge in [0.25, 0.3) is 0 Å². The molecule has 0 saturated heterocycles. The third kappa shape index (κ3) is 4.45. The first-order chi connectivity index (χ1) is 15.9. The highest BCUT2D eigenvalue weighted by Gasteiger charge is 2.56. The number of fused-ring (bicyclic) bond motifs is 1. The Morgan fingerprint density at radius 1 is 1.09 bits per heavy atom. The van der Waals surface area contributed by atoms with Crippen molar-refractivity contribution < 1.29 is 23.4 Å². The third-order valence-electron chi connectivity index (χ3n) is 6.05. The second-order valence-corrected chi connectivity index (χ2v) is 9.81. The summed E-state index contributed by atoms with van der Waals surface area (Å²) in [4.78, 5) is 16.0. The Morgan fingerprint density at radius 3 is 2.53 bits per heavy atom. The van der Waals surface area contributed by atoms with E-state index < -0.39 is 30.2 Å². The van der Waals surface area contributed by atoms with Crippen LogP contribution in [0, 0.1) is 0 Å². The summed E-state index contributed by atoms with van der Waals surface area (Å²) in [6.07, 6.45) is -1.79. The first-order valence-corrected chi connectivity index (χ1v) is 11.4. The number of pyridine rings is 2. The molecule has 0 aliphatic heterocycles. The fourth-order valence-corrected chi connectivity index (χ4v) is 5.00. The Bertz CT molecular complexity index is 1380. The SMILES string of the molecule is CC(C)(CC(O)(Cn1ccc(=O)c2cnccc21)C(F)(F)F)c1cc(-c2ccsc2)ccc1O. The number of rotatable bonds is 6. The van der Waals surface area contributed by atoms with Crippen molar-refractivity contribution in [3.8, 4) is 16.9 Å². The van der Waals surface area contributed by atoms with Crippen molar-refractivity contribution in [3.63, 3.8) is 0 Å². The Balaban J connectivity index is 1.76. The van der Waals surface area contributed by atoms with Gasteiger partial charge in [0.1, 0.15) is 5.75 Å². The van der Waals surface area contributed by atoms with E-state index in [1.165, 1.54) is 46.6 Å². The summed E-state index contributed by atoms with van der Waals surface area (Å²) in [6.45, 7) is 2.29. The molecule has 178 valence electrons. The van der Waals surface area contributed by atoms with E-state index in [0.29, 0.717) is 5.56 Å². The topological polar surface area (TPSA) is 75.4 Å². The Labute approximate surface area is 197 Å². The summed E-state index contributed by atoms with van der Waals surface area (Å²) in [7, 11) is 0. The van der Waals surface area contributed by atoms with Crippen molar-refractivity contribution >= 4 is 22.2 Å². The van der Waals surface area contributed by atoms with E-state index in [9.17, 15) is 28.2 Å². The zero-order valence-electron chi connectivity index (χ0n) is 18.5. The molecule has 0 saturated carbocycles. The van der Waals surface area contributed by atoms with Crippen LogP contribution in [0.1, 0.15) is 25.8 Å². The summed E-state index contributed by atoms with van der Waals surface area (Å²) in [5.41, 5.74) is -2.58. The lowest BCUT2D eigenvalue weighted by molar-refractivity contribution is -0.271. The molecule has 0 aliphatic rings. The lowest BCUT2D eigenvalue weighted by atomic mass is 9.74. The van der Waals surface area contributed by atoms with Gasteiger partial charge in [0.2, 0.25) is 0 Å². The number of phenols is 1. The Hall–Kier alpha value is -3.17. The van der Waals surface area contributed by atoms with Crippen molar-refractivity contribution in [1.82, 2.24) is 9.55 Å². The Kier molecular flexibility index (Phi) is 6.03. The van der Waals surface area contributed by atoms with Crippen LogP contribution < -0.4 is 5.43 Å². The van der Waals surface area contributed by atoms with Gasteiger partial charge in [0.15, 0.2) is 11.0 Å². The van der Waals surface area contributed by atoms with Gasteiger partial charge in [-0.05, 0) is 58.0 Å². The molecule has 1 unspecified atom stereocenters. The van der Waals surface area contributed by atoms with Crippen molar-refractivity contribution in [1.29, 1.82) is 0 Å². The van der Waals surface area contributed by atoms with Gasteiger partial charge in [-0.15, -0.1) is 0 Å². The van der Waals surface area contributed by atoms with Gasteiger partial charge < -0.3 is 14.8 Å². The molecular formula is C25H23F3N2O3S. The molecule has 0 aliphatic carbocycles. The average molecular weight is 489 g/mol. The molecule has 0 amide bonds. The van der Waals surface area contributed by atoms with Crippen LogP contribution >= 0.6 is 11.3 Å². The summed E-state index contributed by atoms with van der Waals surface area (Å²) in [5.74, 6) is -0.145. The van der Waals surface area contributed by atoms with Crippen LogP contribution in [0.4, 0.5) is 13.2 Å². The van der Waals surface area contributed by atoms with Crippen LogP contribution in [0.2, 0.25) is 0 Å². The number of hydrogen-bond donors (Lipinski definition) is 2. The first-order valence-electron chi connectivity index (χ1n) is 10.5. The molecular weight excluding hydrogens is 465 g/mol. The highest BCUT2D eigenvalue weighted by molar-refractivity contribution is 7.08. The molecule has 0 radical (unpaired) electrons. The van der Waals surface area contributed by atoms with Crippen LogP contribution in [0.15, 0.2) is 70.5 Å². The summed E-state index contributed by atoms with van der Waals surface area (Å²) in [5, 5.41) is 25.5. The molecule has 9 heteroatoms. The molecule has 0 spiro atoms. The maximum absolute atomic E-state index is 14.3. The molecule has 34 heavy (non-hydrogen) atoms. The lowest BCUT2D eigenvalue weighted by Gasteiger charge is -2.39. The van der Waals surface area contributed by atoms with Crippen LogP contribution in [0.25, 0.3) is 22.0 Å². The van der Waals surface area contributed by atoms with Gasteiger partial charge >= 0.3 is 6.18 Å². The normalized spacial score (nSPS) is 14.3. The van der Waals surface area contributed by atoms with E-state index in [1.807, 2.05) is 16.8 Å². The fraction of sp³-hybridized carbons (Fsp3) is 0.280. The molecule has 0 bridgehead atoms. The minimum absolute atomic E-state index is 0.145. The number of halogens is 3. The molecule has 5 nitrogen and oxygen atoms in total. The van der Waals surface area contributed by atoms with Gasteiger partial charge in [0, 0.05) is 30.2 Å². The predicted octanol–water partition coefficient (Wildman–Crippen LogP) is 5.49. The number of alkyl halides is 3. The highest BCUT2D eigenvalue weighted by Crippen LogP contribution is 2.45. The zero-order valence-corrected chi connectivity index (χ0v) is 19.3. The number of phenolic OH excluding ortho intramolecular Hbond substituents is 1. The maximum atomic E-state index is 14.3. The monoisotopic (exact) mass is 488 g/mol. The van der Waals surface area contributed by atoms with Gasteiger partial charge in [-0.2, -0.15) is 24.5 Å². The van der Waals surface area contributed by atoms with Crippen LogP contribution in [-0.2, 0) is 12.0 Å². The number of aromatic nitrogens is 2. The van der Waals surface area contributed by atoms with Crippen LogP contribution in [0.5, 0.6) is 5.75 Å². The van der Waals surface area contributed by atoms with E-state index in [1.54, 1.807) is 26.0 Å². The van der Waals surface area contributed by atoms with Crippen molar-refractivity contribution in [3.05, 3.63) is 81.5 Å². The smallest absolute Gasteiger partial charge is 0.418 e. The highest BCUT2D eigenvalue weighted by atomic mass is 32.1. The number of benzene rings is 1. The fourth-order valence-electron chi connectivity index (χ4n) is 4.33. The third-order valence-corrected chi connectivity index (χ3v) is 6.74. The van der Waals surface area contributed by atoms with Crippen molar-refractivity contribution in [2.24, 2.45) is 0 Å². The number of hydrogen-bond acceptors (Lipinski definition) is 5. The molecule has 1 atom stereocenters. The van der Waals surface area contributed by atoms with Crippen molar-refractivity contribution in [2.75, 3.05) is 0 Å². The second-order valence-electron chi connectivity index (χ2n) is 9.03. The number of nitrogens with zero attached hydrogens (tertiary/aromatic N) is 2. The summed E-state index contributed by atoms with van der Waals surface area (Å²) in [6, 6.07) is 9.30. The van der Waals surface area contributed by atoms with E-state index in [0.717, 1.165) is 17.2 Å². The van der Waals surface area contributed by atoms with Gasteiger partial charge in [-0.3, -0.25) is 9.78 Å². The second kappa shape index (κ2) is 8.56. The molecule has 4 aromatic rings. The minimum Gasteiger partial charge on any atom is -0.508 e. The van der Waals surface area contributed by atoms with Gasteiger partial charge in [-0.25, -0.2) is 0 Å².